The minimum Gasteiger partial charge on any atom is -0.368 e. The summed E-state index contributed by atoms with van der Waals surface area (Å²) in [6.07, 6.45) is 1.81. The maximum Gasteiger partial charge on any atom is 0.281 e. The highest BCUT2D eigenvalue weighted by molar-refractivity contribution is 8.12. The molecule has 0 aromatic heterocycles. The fourth-order valence-electron chi connectivity index (χ4n) is 2.23. The normalized spacial score (nSPS) is 20.1. The van der Waals surface area contributed by atoms with Gasteiger partial charge in [-0.15, -0.1) is 0 Å². The third-order valence-electron chi connectivity index (χ3n) is 3.23. The van der Waals surface area contributed by atoms with Gasteiger partial charge in [0.25, 0.3) is 5.24 Å². The molecule has 5 heteroatoms. The molecule has 0 spiro atoms. The first kappa shape index (κ1) is 13.2. The van der Waals surface area contributed by atoms with Crippen molar-refractivity contribution in [2.24, 2.45) is 0 Å². The fourth-order valence-corrected chi connectivity index (χ4v) is 2.74. The Balaban J connectivity index is 2.04. The molecule has 1 aromatic rings. The molecule has 1 atom stereocenters. The molecule has 1 heterocycles. The predicted molar refractivity (Wildman–Crippen MR) is 73.7 cm³/mol. The number of hydrogen-bond acceptors (Lipinski definition) is 3. The van der Waals surface area contributed by atoms with Crippen molar-refractivity contribution >= 4 is 22.7 Å². The van der Waals surface area contributed by atoms with Crippen LogP contribution < -0.4 is 4.90 Å². The third-order valence-corrected chi connectivity index (χ3v) is 3.81. The second-order valence-corrected chi connectivity index (χ2v) is 5.19. The first-order chi connectivity index (χ1) is 8.61. The lowest BCUT2D eigenvalue weighted by Crippen LogP contribution is -2.53. The highest BCUT2D eigenvalue weighted by Crippen LogP contribution is 2.21. The number of benzene rings is 1. The van der Waals surface area contributed by atoms with Crippen LogP contribution in [0.3, 0.4) is 0 Å². The number of rotatable bonds is 1. The summed E-state index contributed by atoms with van der Waals surface area (Å²) in [7, 11) is 0. The van der Waals surface area contributed by atoms with E-state index in [2.05, 4.69) is 4.90 Å². The number of carbonyl (C=O) groups is 1. The van der Waals surface area contributed by atoms with Gasteiger partial charge in [0.1, 0.15) is 5.82 Å². The van der Waals surface area contributed by atoms with Crippen molar-refractivity contribution in [3.8, 4) is 0 Å². The van der Waals surface area contributed by atoms with E-state index in [0.29, 0.717) is 0 Å². The monoisotopic (exact) mass is 268 g/mol. The first-order valence-electron chi connectivity index (χ1n) is 5.97. The van der Waals surface area contributed by atoms with Gasteiger partial charge in [-0.25, -0.2) is 4.39 Å². The predicted octanol–water partition coefficient (Wildman–Crippen LogP) is 2.82. The Hall–Kier alpha value is -1.23. The molecule has 1 aliphatic heterocycles. The second-order valence-electron chi connectivity index (χ2n) is 4.43. The summed E-state index contributed by atoms with van der Waals surface area (Å²) in [6, 6.07) is 6.70. The van der Waals surface area contributed by atoms with E-state index in [-0.39, 0.29) is 17.1 Å². The van der Waals surface area contributed by atoms with Crippen LogP contribution in [-0.4, -0.2) is 42.1 Å². The van der Waals surface area contributed by atoms with Crippen LogP contribution in [0.15, 0.2) is 24.3 Å². The van der Waals surface area contributed by atoms with Crippen LogP contribution in [0.5, 0.6) is 0 Å². The molecule has 0 bridgehead atoms. The van der Waals surface area contributed by atoms with Gasteiger partial charge in [-0.05, 0) is 37.4 Å². The summed E-state index contributed by atoms with van der Waals surface area (Å²) in [4.78, 5) is 15.8. The number of halogens is 1. The molecule has 0 aliphatic carbocycles. The molecular weight excluding hydrogens is 251 g/mol. The van der Waals surface area contributed by atoms with Crippen LogP contribution in [0.4, 0.5) is 14.9 Å². The van der Waals surface area contributed by atoms with Crippen LogP contribution in [-0.2, 0) is 0 Å². The quantitative estimate of drug-likeness (QED) is 0.782. The van der Waals surface area contributed by atoms with Gasteiger partial charge in [0.2, 0.25) is 0 Å². The molecule has 1 saturated heterocycles. The highest BCUT2D eigenvalue weighted by atomic mass is 32.2. The van der Waals surface area contributed by atoms with Crippen LogP contribution in [0.2, 0.25) is 0 Å². The first-order valence-corrected chi connectivity index (χ1v) is 7.19. The van der Waals surface area contributed by atoms with Crippen molar-refractivity contribution in [3.05, 3.63) is 30.1 Å². The summed E-state index contributed by atoms with van der Waals surface area (Å²) in [5.74, 6) is -0.219. The van der Waals surface area contributed by atoms with Crippen LogP contribution in [0.25, 0.3) is 0 Å². The fraction of sp³-hybridized carbons (Fsp3) is 0.462. The van der Waals surface area contributed by atoms with Gasteiger partial charge in [-0.3, -0.25) is 4.79 Å². The highest BCUT2D eigenvalue weighted by Gasteiger charge is 2.26. The van der Waals surface area contributed by atoms with Gasteiger partial charge < -0.3 is 9.80 Å². The summed E-state index contributed by atoms with van der Waals surface area (Å²) >= 11 is 1.25. The Morgan fingerprint density at radius 1 is 1.33 bits per heavy atom. The van der Waals surface area contributed by atoms with Crippen molar-refractivity contribution < 1.29 is 9.18 Å². The second kappa shape index (κ2) is 5.61. The molecule has 1 aliphatic rings. The van der Waals surface area contributed by atoms with Gasteiger partial charge in [0.05, 0.1) is 0 Å². The average Bonchev–Trinajstić information content (AvgIpc) is 2.38. The summed E-state index contributed by atoms with van der Waals surface area (Å²) in [5.41, 5.74) is 1.01. The number of carbonyl (C=O) groups excluding carboxylic acids is 1. The molecule has 0 saturated carbocycles. The Morgan fingerprint density at radius 2 is 2.00 bits per heavy atom. The van der Waals surface area contributed by atoms with Crippen molar-refractivity contribution in [2.75, 3.05) is 30.8 Å². The number of piperazine rings is 1. The van der Waals surface area contributed by atoms with Gasteiger partial charge in [-0.2, -0.15) is 0 Å². The number of nitrogens with zero attached hydrogens (tertiary/aromatic N) is 2. The lowest BCUT2D eigenvalue weighted by molar-refractivity contribution is 0.196. The van der Waals surface area contributed by atoms with E-state index in [0.717, 1.165) is 25.3 Å². The molecule has 1 unspecified atom stereocenters. The van der Waals surface area contributed by atoms with E-state index < -0.39 is 0 Å². The van der Waals surface area contributed by atoms with Crippen molar-refractivity contribution in [1.82, 2.24) is 4.90 Å². The molecule has 0 radical (unpaired) electrons. The Labute approximate surface area is 111 Å². The summed E-state index contributed by atoms with van der Waals surface area (Å²) in [5, 5.41) is 0.126. The lowest BCUT2D eigenvalue weighted by Gasteiger charge is -2.40. The molecule has 0 N–H and O–H groups in total. The minimum atomic E-state index is -0.219. The number of hydrogen-bond donors (Lipinski definition) is 0. The molecule has 1 fully saturated rings. The third kappa shape index (κ3) is 2.77. The molecule has 98 valence electrons. The topological polar surface area (TPSA) is 23.6 Å². The number of thioether (sulfide) groups is 1. The van der Waals surface area contributed by atoms with Gasteiger partial charge >= 0.3 is 0 Å². The maximum atomic E-state index is 12.9. The molecule has 3 nitrogen and oxygen atoms in total. The van der Waals surface area contributed by atoms with Crippen LogP contribution >= 0.6 is 11.8 Å². The van der Waals surface area contributed by atoms with E-state index in [1.54, 1.807) is 18.4 Å². The van der Waals surface area contributed by atoms with E-state index >= 15 is 0 Å². The summed E-state index contributed by atoms with van der Waals surface area (Å²) in [6.45, 7) is 4.35. The lowest BCUT2D eigenvalue weighted by atomic mass is 10.2. The van der Waals surface area contributed by atoms with Crippen molar-refractivity contribution in [1.29, 1.82) is 0 Å². The van der Waals surface area contributed by atoms with E-state index in [1.807, 2.05) is 11.8 Å². The van der Waals surface area contributed by atoms with Crippen molar-refractivity contribution in [3.63, 3.8) is 0 Å². The molecule has 2 rings (SSSR count). The van der Waals surface area contributed by atoms with Crippen LogP contribution in [0, 0.1) is 5.82 Å². The Kier molecular flexibility index (Phi) is 4.11. The van der Waals surface area contributed by atoms with E-state index in [4.69, 9.17) is 0 Å². The van der Waals surface area contributed by atoms with Gasteiger partial charge in [-0.1, -0.05) is 11.8 Å². The average molecular weight is 268 g/mol. The molecule has 18 heavy (non-hydrogen) atoms. The molecule has 1 amide bonds. The van der Waals surface area contributed by atoms with Gasteiger partial charge in [0, 0.05) is 31.4 Å². The SMILES string of the molecule is CSC(=O)N1CCN(c2ccc(F)cc2)CC1C. The van der Waals surface area contributed by atoms with E-state index in [1.165, 1.54) is 23.9 Å². The van der Waals surface area contributed by atoms with E-state index in [9.17, 15) is 9.18 Å². The van der Waals surface area contributed by atoms with Gasteiger partial charge in [0.15, 0.2) is 0 Å². The maximum absolute atomic E-state index is 12.9. The van der Waals surface area contributed by atoms with Crippen LogP contribution in [0.1, 0.15) is 6.92 Å². The standard InChI is InChI=1S/C13H17FN2OS/c1-10-9-15(7-8-16(10)13(17)18-2)12-5-3-11(14)4-6-12/h3-6,10H,7-9H2,1-2H3. The zero-order valence-electron chi connectivity index (χ0n) is 10.6. The summed E-state index contributed by atoms with van der Waals surface area (Å²) < 4.78 is 12.9. The minimum absolute atomic E-state index is 0.126. The van der Waals surface area contributed by atoms with Crippen molar-refractivity contribution in [2.45, 2.75) is 13.0 Å². The smallest absolute Gasteiger partial charge is 0.281 e. The zero-order valence-corrected chi connectivity index (χ0v) is 11.4. The Morgan fingerprint density at radius 3 is 2.56 bits per heavy atom. The molecule has 1 aromatic carbocycles. The largest absolute Gasteiger partial charge is 0.368 e. The number of anilines is 1. The zero-order chi connectivity index (χ0) is 13.1. The number of amides is 1. The molecular formula is C13H17FN2OS. The Bertz CT molecular complexity index is 424.